The zero-order valence-corrected chi connectivity index (χ0v) is 6.32. The van der Waals surface area contributed by atoms with E-state index in [2.05, 4.69) is 5.32 Å². The number of carbonyl (C=O) groups is 2. The Morgan fingerprint density at radius 1 is 1.57 bits per heavy atom. The summed E-state index contributed by atoms with van der Waals surface area (Å²) in [5, 5.41) is 2.06. The molecule has 0 bridgehead atoms. The predicted octanol–water partition coefficient (Wildman–Crippen LogP) is -0.589. The fourth-order valence-corrected chi connectivity index (χ4v) is 0.600. The van der Waals surface area contributed by atoms with Gasteiger partial charge in [0.1, 0.15) is 0 Å². The average molecular weight is 156 g/mol. The van der Waals surface area contributed by atoms with Crippen molar-refractivity contribution in [2.75, 3.05) is 0 Å². The van der Waals surface area contributed by atoms with Gasteiger partial charge in [0.2, 0.25) is 0 Å². The topological polar surface area (TPSA) is 46.2 Å². The van der Waals surface area contributed by atoms with Crippen LogP contribution in [0.4, 0.5) is 4.79 Å². The molecule has 4 heteroatoms. The van der Waals surface area contributed by atoms with E-state index >= 15 is 0 Å². The zero-order chi connectivity index (χ0) is 5.86. The van der Waals surface area contributed by atoms with Gasteiger partial charge in [-0.25, -0.2) is 0 Å². The van der Waals surface area contributed by atoms with E-state index in [1.807, 2.05) is 0 Å². The molecule has 0 aromatic rings. The number of imide groups is 1. The summed E-state index contributed by atoms with van der Waals surface area (Å²) < 4.78 is -0.250. The number of nitrogens with one attached hydrogen (secondary N) is 1. The van der Waals surface area contributed by atoms with Crippen LogP contribution in [0.1, 0.15) is 6.92 Å². The van der Waals surface area contributed by atoms with Crippen molar-refractivity contribution in [2.45, 2.75) is 6.92 Å². The van der Waals surface area contributed by atoms with Crippen LogP contribution in [-0.2, 0) is 4.79 Å². The first-order valence-electron chi connectivity index (χ1n) is 1.70. The summed E-state index contributed by atoms with van der Waals surface area (Å²) in [6, 6.07) is 0. The Balaban J connectivity index is 3.32. The van der Waals surface area contributed by atoms with Crippen molar-refractivity contribution >= 4 is 29.0 Å². The van der Waals surface area contributed by atoms with E-state index in [-0.39, 0.29) is 10.4 Å². The predicted molar refractivity (Wildman–Crippen MR) is 25.0 cm³/mol. The molecule has 0 aliphatic heterocycles. The van der Waals surface area contributed by atoms with Crippen molar-refractivity contribution in [3.63, 3.8) is 0 Å². The molecule has 0 aliphatic carbocycles. The van der Waals surface area contributed by atoms with Crippen LogP contribution in [0.25, 0.3) is 0 Å². The minimum atomic E-state index is -0.297. The Kier molecular flexibility index (Phi) is 2.78. The first-order chi connectivity index (χ1) is 3.13. The third-order valence-corrected chi connectivity index (χ3v) is 0.602. The summed E-state index contributed by atoms with van der Waals surface area (Å²) in [6.07, 6.45) is 0. The summed E-state index contributed by atoms with van der Waals surface area (Å²) in [5.74, 6) is -0.297. The van der Waals surface area contributed by atoms with E-state index in [9.17, 15) is 9.59 Å². The van der Waals surface area contributed by atoms with Crippen LogP contribution in [0, 0.1) is 0 Å². The van der Waals surface area contributed by atoms with E-state index in [4.69, 9.17) is 0 Å². The molecule has 1 N–H and O–H groups in total. The van der Waals surface area contributed by atoms with Gasteiger partial charge in [-0.15, -0.1) is 0 Å². The first kappa shape index (κ1) is 6.78. The summed E-state index contributed by atoms with van der Waals surface area (Å²) >= 11 is 0.889. The molecule has 2 radical (unpaired) electrons. The van der Waals surface area contributed by atoms with Gasteiger partial charge in [0.15, 0.2) is 0 Å². The number of hydrogen-bond acceptors (Lipinski definition) is 2. The molecular weight excluding hydrogens is 152 g/mol. The Bertz CT molecular complexity index is 89.1. The Hall–Kier alpha value is -0.224. The first-order valence-corrected chi connectivity index (χ1v) is 2.91. The maximum atomic E-state index is 9.95. The molecule has 0 rings (SSSR count). The number of rotatable bonds is 0. The molecule has 2 amide bonds. The fourth-order valence-electron chi connectivity index (χ4n) is 0.173. The maximum absolute atomic E-state index is 9.95. The molecule has 0 atom stereocenters. The van der Waals surface area contributed by atoms with Gasteiger partial charge in [-0.05, 0) is 0 Å². The fraction of sp³-hybridized carbons (Fsp3) is 0.333. The van der Waals surface area contributed by atoms with Crippen molar-refractivity contribution in [3.05, 3.63) is 0 Å². The molecule has 36 valence electrons. The van der Waals surface area contributed by atoms with Crippen molar-refractivity contribution < 1.29 is 9.59 Å². The van der Waals surface area contributed by atoms with E-state index < -0.39 is 0 Å². The quantitative estimate of drug-likeness (QED) is 0.476. The second-order valence-electron chi connectivity index (χ2n) is 1.05. The van der Waals surface area contributed by atoms with Gasteiger partial charge in [0, 0.05) is 0 Å². The number of hydrogen-bond donors (Lipinski definition) is 1. The SMILES string of the molecule is CC(=O)N[C](=O)[Ga]. The van der Waals surface area contributed by atoms with Crippen LogP contribution < -0.4 is 5.32 Å². The van der Waals surface area contributed by atoms with E-state index in [0.717, 1.165) is 18.6 Å². The molecule has 7 heavy (non-hydrogen) atoms. The molecule has 0 saturated heterocycles. The Labute approximate surface area is 51.4 Å². The molecule has 0 unspecified atom stereocenters. The molecule has 3 nitrogen and oxygen atoms in total. The van der Waals surface area contributed by atoms with E-state index in [1.54, 1.807) is 0 Å². The summed E-state index contributed by atoms with van der Waals surface area (Å²) in [6.45, 7) is 1.30. The molecule has 0 aliphatic rings. The van der Waals surface area contributed by atoms with Crippen molar-refractivity contribution in [1.29, 1.82) is 0 Å². The number of carbonyl (C=O) groups excluding carboxylic acids is 2. The van der Waals surface area contributed by atoms with Crippen LogP contribution in [0.5, 0.6) is 0 Å². The number of amides is 2. The van der Waals surface area contributed by atoms with E-state index in [0.29, 0.717) is 0 Å². The van der Waals surface area contributed by atoms with Gasteiger partial charge in [-0.1, -0.05) is 0 Å². The van der Waals surface area contributed by atoms with Crippen LogP contribution in [0.2, 0.25) is 0 Å². The van der Waals surface area contributed by atoms with Crippen LogP contribution >= 0.6 is 0 Å². The molecule has 0 fully saturated rings. The molecule has 0 saturated carbocycles. The third-order valence-electron chi connectivity index (χ3n) is 0.299. The van der Waals surface area contributed by atoms with Gasteiger partial charge >= 0.3 is 50.8 Å². The average Bonchev–Trinajstić information content (AvgIpc) is 1.27. The zero-order valence-electron chi connectivity index (χ0n) is 3.89. The standard InChI is InChI=1S/C3H4NO2.Ga/c1-3(6)4-2-5;/h1H3,(H,4,5,6);. The van der Waals surface area contributed by atoms with Crippen molar-refractivity contribution in [1.82, 2.24) is 5.32 Å². The molecule has 0 aromatic carbocycles. The minimum absolute atomic E-state index is 0.250. The van der Waals surface area contributed by atoms with Gasteiger partial charge in [-0.2, -0.15) is 0 Å². The Morgan fingerprint density at radius 3 is 2.00 bits per heavy atom. The van der Waals surface area contributed by atoms with Crippen molar-refractivity contribution in [3.8, 4) is 0 Å². The summed E-state index contributed by atoms with van der Waals surface area (Å²) in [7, 11) is 0. The normalized spacial score (nSPS) is 7.57. The van der Waals surface area contributed by atoms with Crippen LogP contribution in [0.15, 0.2) is 0 Å². The second kappa shape index (κ2) is 2.87. The monoisotopic (exact) mass is 155 g/mol. The van der Waals surface area contributed by atoms with Gasteiger partial charge in [-0.3, -0.25) is 0 Å². The molecule has 0 spiro atoms. The van der Waals surface area contributed by atoms with Gasteiger partial charge < -0.3 is 0 Å². The summed E-state index contributed by atoms with van der Waals surface area (Å²) in [5.41, 5.74) is 0. The third kappa shape index (κ3) is 5.78. The van der Waals surface area contributed by atoms with Crippen LogP contribution in [0.3, 0.4) is 0 Å². The summed E-state index contributed by atoms with van der Waals surface area (Å²) in [4.78, 5) is 19.9. The second-order valence-corrected chi connectivity index (χ2v) is 2.15. The van der Waals surface area contributed by atoms with Crippen molar-refractivity contribution in [2.24, 2.45) is 0 Å². The van der Waals surface area contributed by atoms with Gasteiger partial charge in [0.05, 0.1) is 0 Å². The molecule has 0 heterocycles. The van der Waals surface area contributed by atoms with Gasteiger partial charge in [0.25, 0.3) is 0 Å². The van der Waals surface area contributed by atoms with Crippen LogP contribution in [-0.4, -0.2) is 29.0 Å². The molecule has 0 aromatic heterocycles. The van der Waals surface area contributed by atoms with E-state index in [1.165, 1.54) is 6.92 Å². The molecular formula is C3H4GaNO2. The Morgan fingerprint density at radius 2 is 2.00 bits per heavy atom.